The molecule has 1 aromatic rings. The average Bonchev–Trinajstić information content (AvgIpc) is 2.50. The fraction of sp³-hybridized carbons (Fsp3) is 0.733. The zero-order chi connectivity index (χ0) is 14.8. The minimum absolute atomic E-state index is 0.364. The Kier molecular flexibility index (Phi) is 7.65. The molecular weight excluding hydrogens is 254 g/mol. The largest absolute Gasteiger partial charge is 0.383 e. The fourth-order valence-corrected chi connectivity index (χ4v) is 2.22. The molecule has 0 saturated carbocycles. The molecule has 0 bridgehead atoms. The van der Waals surface area contributed by atoms with Gasteiger partial charge in [-0.05, 0) is 25.8 Å². The number of aromatic nitrogens is 2. The molecule has 0 amide bonds. The van der Waals surface area contributed by atoms with Crippen molar-refractivity contribution in [3.05, 3.63) is 23.8 Å². The van der Waals surface area contributed by atoms with Gasteiger partial charge in [-0.2, -0.15) is 0 Å². The van der Waals surface area contributed by atoms with Crippen molar-refractivity contribution >= 4 is 0 Å². The molecule has 114 valence electrons. The summed E-state index contributed by atoms with van der Waals surface area (Å²) in [6.07, 6.45) is 3.56. The Labute approximate surface area is 122 Å². The van der Waals surface area contributed by atoms with E-state index in [0.29, 0.717) is 19.8 Å². The molecule has 0 spiro atoms. The van der Waals surface area contributed by atoms with E-state index in [9.17, 15) is 0 Å². The third-order valence-corrected chi connectivity index (χ3v) is 3.47. The summed E-state index contributed by atoms with van der Waals surface area (Å²) in [7, 11) is 1.70. The van der Waals surface area contributed by atoms with Crippen molar-refractivity contribution in [2.24, 2.45) is 0 Å². The van der Waals surface area contributed by atoms with Crippen LogP contribution in [0.25, 0.3) is 0 Å². The molecule has 0 fully saturated rings. The summed E-state index contributed by atoms with van der Waals surface area (Å²) in [5.41, 5.74) is 0.620. The maximum atomic E-state index is 5.95. The summed E-state index contributed by atoms with van der Waals surface area (Å²) in [5, 5.41) is 3.29. The molecule has 0 saturated heterocycles. The summed E-state index contributed by atoms with van der Waals surface area (Å²) in [6.45, 7) is 9.14. The summed E-state index contributed by atoms with van der Waals surface area (Å²) in [4.78, 5) is 9.09. The highest BCUT2D eigenvalue weighted by Crippen LogP contribution is 2.30. The second-order valence-corrected chi connectivity index (χ2v) is 4.68. The highest BCUT2D eigenvalue weighted by atomic mass is 16.5. The van der Waals surface area contributed by atoms with Crippen LogP contribution in [0.2, 0.25) is 0 Å². The molecule has 1 heterocycles. The highest BCUT2D eigenvalue weighted by molar-refractivity contribution is 5.08. The lowest BCUT2D eigenvalue weighted by atomic mass is 9.96. The van der Waals surface area contributed by atoms with E-state index in [-0.39, 0.29) is 5.60 Å². The van der Waals surface area contributed by atoms with Crippen LogP contribution in [0, 0.1) is 0 Å². The number of nitrogens with zero attached hydrogens (tertiary/aromatic N) is 2. The molecule has 0 aliphatic heterocycles. The second kappa shape index (κ2) is 9.00. The average molecular weight is 281 g/mol. The van der Waals surface area contributed by atoms with E-state index in [4.69, 9.17) is 9.47 Å². The maximum Gasteiger partial charge on any atom is 0.160 e. The van der Waals surface area contributed by atoms with Gasteiger partial charge < -0.3 is 14.8 Å². The number of hydrogen-bond donors (Lipinski definition) is 1. The van der Waals surface area contributed by atoms with Gasteiger partial charge >= 0.3 is 0 Å². The van der Waals surface area contributed by atoms with Crippen LogP contribution in [-0.4, -0.2) is 36.8 Å². The maximum absolute atomic E-state index is 5.95. The lowest BCUT2D eigenvalue weighted by molar-refractivity contribution is -0.0573. The van der Waals surface area contributed by atoms with Gasteiger partial charge in [-0.25, -0.2) is 9.97 Å². The van der Waals surface area contributed by atoms with Gasteiger partial charge in [0.2, 0.25) is 0 Å². The third-order valence-electron chi connectivity index (χ3n) is 3.47. The first kappa shape index (κ1) is 17.0. The number of ether oxygens (including phenoxy) is 2. The Morgan fingerprint density at radius 3 is 2.60 bits per heavy atom. The number of rotatable bonds is 10. The van der Waals surface area contributed by atoms with Crippen molar-refractivity contribution in [3.63, 3.8) is 0 Å². The molecule has 1 aromatic heterocycles. The van der Waals surface area contributed by atoms with E-state index in [2.05, 4.69) is 29.1 Å². The normalized spacial score (nSPS) is 11.8. The van der Waals surface area contributed by atoms with Crippen LogP contribution in [0.1, 0.15) is 45.1 Å². The number of hydrogen-bond acceptors (Lipinski definition) is 5. The Morgan fingerprint density at radius 2 is 2.00 bits per heavy atom. The van der Waals surface area contributed by atoms with E-state index in [0.717, 1.165) is 30.9 Å². The van der Waals surface area contributed by atoms with Crippen LogP contribution in [0.15, 0.2) is 12.3 Å². The Morgan fingerprint density at radius 1 is 1.25 bits per heavy atom. The molecule has 5 heteroatoms. The monoisotopic (exact) mass is 281 g/mol. The van der Waals surface area contributed by atoms with Crippen molar-refractivity contribution in [3.8, 4) is 0 Å². The smallest absolute Gasteiger partial charge is 0.160 e. The van der Waals surface area contributed by atoms with E-state index in [1.54, 1.807) is 7.11 Å². The first-order chi connectivity index (χ1) is 9.72. The lowest BCUT2D eigenvalue weighted by Gasteiger charge is -2.30. The summed E-state index contributed by atoms with van der Waals surface area (Å²) < 4.78 is 11.0. The van der Waals surface area contributed by atoms with Gasteiger partial charge in [0.15, 0.2) is 5.82 Å². The van der Waals surface area contributed by atoms with E-state index < -0.39 is 0 Å². The Balaban J connectivity index is 2.79. The van der Waals surface area contributed by atoms with Crippen molar-refractivity contribution in [1.82, 2.24) is 15.3 Å². The molecule has 0 aliphatic carbocycles. The second-order valence-electron chi connectivity index (χ2n) is 4.68. The van der Waals surface area contributed by atoms with Gasteiger partial charge in [0.05, 0.1) is 12.3 Å². The molecule has 5 nitrogen and oxygen atoms in total. The molecule has 1 rings (SSSR count). The van der Waals surface area contributed by atoms with Gasteiger partial charge in [-0.3, -0.25) is 0 Å². The lowest BCUT2D eigenvalue weighted by Crippen LogP contribution is -2.31. The molecule has 1 N–H and O–H groups in total. The van der Waals surface area contributed by atoms with E-state index in [1.165, 1.54) is 0 Å². The third kappa shape index (κ3) is 4.51. The van der Waals surface area contributed by atoms with E-state index >= 15 is 0 Å². The molecule has 0 unspecified atom stereocenters. The standard InChI is InChI=1S/C15H27N3O2/c1-5-15(6-2,20-7-3)14-17-9-8-13(18-14)12-16-10-11-19-4/h8-9,16H,5-7,10-12H2,1-4H3. The van der Waals surface area contributed by atoms with Gasteiger partial charge in [0.1, 0.15) is 5.60 Å². The van der Waals surface area contributed by atoms with Crippen LogP contribution < -0.4 is 5.32 Å². The SMILES string of the molecule is CCOC(CC)(CC)c1nccc(CNCCOC)n1. The van der Waals surface area contributed by atoms with Crippen molar-refractivity contribution in [2.45, 2.75) is 45.8 Å². The summed E-state index contributed by atoms with van der Waals surface area (Å²) in [6, 6.07) is 1.94. The summed E-state index contributed by atoms with van der Waals surface area (Å²) >= 11 is 0. The van der Waals surface area contributed by atoms with Gasteiger partial charge in [0, 0.05) is 33.0 Å². The molecule has 0 aliphatic rings. The zero-order valence-corrected chi connectivity index (χ0v) is 13.1. The first-order valence-corrected chi connectivity index (χ1v) is 7.38. The molecule has 0 radical (unpaired) electrons. The Bertz CT molecular complexity index is 381. The quantitative estimate of drug-likeness (QED) is 0.667. The van der Waals surface area contributed by atoms with Crippen LogP contribution >= 0.6 is 0 Å². The number of methoxy groups -OCH3 is 1. The fourth-order valence-electron chi connectivity index (χ4n) is 2.22. The van der Waals surface area contributed by atoms with Crippen LogP contribution in [0.3, 0.4) is 0 Å². The zero-order valence-electron chi connectivity index (χ0n) is 13.1. The minimum atomic E-state index is -0.364. The van der Waals surface area contributed by atoms with Crippen LogP contribution in [0.4, 0.5) is 0 Å². The molecule has 0 aromatic carbocycles. The predicted molar refractivity (Wildman–Crippen MR) is 79.5 cm³/mol. The van der Waals surface area contributed by atoms with Gasteiger partial charge in [-0.15, -0.1) is 0 Å². The van der Waals surface area contributed by atoms with E-state index in [1.807, 2.05) is 19.2 Å². The Hall–Kier alpha value is -1.04. The van der Waals surface area contributed by atoms with Gasteiger partial charge in [-0.1, -0.05) is 13.8 Å². The van der Waals surface area contributed by atoms with Crippen LogP contribution in [-0.2, 0) is 21.6 Å². The number of nitrogens with one attached hydrogen (secondary N) is 1. The van der Waals surface area contributed by atoms with Crippen molar-refractivity contribution in [1.29, 1.82) is 0 Å². The topological polar surface area (TPSA) is 56.3 Å². The molecular formula is C15H27N3O2. The molecule has 20 heavy (non-hydrogen) atoms. The molecule has 0 atom stereocenters. The van der Waals surface area contributed by atoms with Crippen LogP contribution in [0.5, 0.6) is 0 Å². The van der Waals surface area contributed by atoms with Crippen molar-refractivity contribution < 1.29 is 9.47 Å². The summed E-state index contributed by atoms with van der Waals surface area (Å²) in [5.74, 6) is 0.787. The van der Waals surface area contributed by atoms with Gasteiger partial charge in [0.25, 0.3) is 0 Å². The minimum Gasteiger partial charge on any atom is -0.383 e. The first-order valence-electron chi connectivity index (χ1n) is 7.38. The van der Waals surface area contributed by atoms with Crippen molar-refractivity contribution in [2.75, 3.05) is 26.9 Å². The highest BCUT2D eigenvalue weighted by Gasteiger charge is 2.32. The predicted octanol–water partition coefficient (Wildman–Crippen LogP) is 2.26.